The number of rotatable bonds is 7. The van der Waals surface area contributed by atoms with Gasteiger partial charge in [0.2, 0.25) is 0 Å². The Labute approximate surface area is 179 Å². The Hall–Kier alpha value is -2.33. The summed E-state index contributed by atoms with van der Waals surface area (Å²) >= 11 is 12.4. The molecule has 0 unspecified atom stereocenters. The van der Waals surface area contributed by atoms with E-state index in [0.29, 0.717) is 29.6 Å². The average Bonchev–Trinajstić information content (AvgIpc) is 3.06. The molecule has 0 aliphatic carbocycles. The third-order valence-corrected chi connectivity index (χ3v) is 5.66. The van der Waals surface area contributed by atoms with Crippen molar-refractivity contribution in [3.63, 3.8) is 0 Å². The predicted molar refractivity (Wildman–Crippen MR) is 119 cm³/mol. The van der Waals surface area contributed by atoms with Crippen LogP contribution in [0.5, 0.6) is 0 Å². The van der Waals surface area contributed by atoms with Crippen LogP contribution in [-0.2, 0) is 19.5 Å². The van der Waals surface area contributed by atoms with Crippen molar-refractivity contribution in [2.75, 3.05) is 6.54 Å². The van der Waals surface area contributed by atoms with E-state index in [-0.39, 0.29) is 5.82 Å². The Balaban J connectivity index is 1.49. The molecule has 4 rings (SSSR count). The highest BCUT2D eigenvalue weighted by Gasteiger charge is 2.10. The van der Waals surface area contributed by atoms with Crippen LogP contribution >= 0.6 is 23.2 Å². The summed E-state index contributed by atoms with van der Waals surface area (Å²) in [5, 5.41) is 5.95. The molecule has 1 aromatic heterocycles. The van der Waals surface area contributed by atoms with E-state index >= 15 is 0 Å². The van der Waals surface area contributed by atoms with Gasteiger partial charge in [-0.2, -0.15) is 0 Å². The average molecular weight is 427 g/mol. The second-order valence-electron chi connectivity index (χ2n) is 7.05. The minimum atomic E-state index is -0.147. The number of hydrogen-bond donors (Lipinski definition) is 1. The molecule has 0 atom stereocenters. The first kappa shape index (κ1) is 20.0. The van der Waals surface area contributed by atoms with Crippen molar-refractivity contribution < 1.29 is 4.39 Å². The molecule has 5 heteroatoms. The van der Waals surface area contributed by atoms with Crippen molar-refractivity contribution in [3.05, 3.63) is 105 Å². The van der Waals surface area contributed by atoms with Crippen LogP contribution in [0, 0.1) is 5.82 Å². The van der Waals surface area contributed by atoms with Gasteiger partial charge in [-0.1, -0.05) is 65.7 Å². The van der Waals surface area contributed by atoms with Gasteiger partial charge in [-0.3, -0.25) is 0 Å². The third kappa shape index (κ3) is 4.64. The van der Waals surface area contributed by atoms with Gasteiger partial charge in [0.1, 0.15) is 5.82 Å². The Morgan fingerprint density at radius 1 is 0.862 bits per heavy atom. The maximum absolute atomic E-state index is 13.8. The van der Waals surface area contributed by atoms with Crippen LogP contribution in [0.2, 0.25) is 10.0 Å². The molecule has 2 nitrogen and oxygen atoms in total. The molecule has 0 saturated heterocycles. The van der Waals surface area contributed by atoms with E-state index in [2.05, 4.69) is 28.2 Å². The van der Waals surface area contributed by atoms with Crippen molar-refractivity contribution in [2.24, 2.45) is 0 Å². The van der Waals surface area contributed by atoms with Gasteiger partial charge >= 0.3 is 0 Å². The normalized spacial score (nSPS) is 11.3. The predicted octanol–water partition coefficient (Wildman–Crippen LogP) is 6.47. The number of nitrogens with zero attached hydrogens (tertiary/aromatic N) is 1. The summed E-state index contributed by atoms with van der Waals surface area (Å²) in [5.41, 5.74) is 4.12. The molecule has 148 valence electrons. The summed E-state index contributed by atoms with van der Waals surface area (Å²) in [6, 6.07) is 20.8. The minimum Gasteiger partial charge on any atom is -0.343 e. The van der Waals surface area contributed by atoms with Crippen LogP contribution in [0.25, 0.3) is 10.9 Å². The lowest BCUT2D eigenvalue weighted by molar-refractivity contribution is 0.598. The fraction of sp³-hybridized carbons (Fsp3) is 0.167. The van der Waals surface area contributed by atoms with Gasteiger partial charge in [0.05, 0.1) is 0 Å². The van der Waals surface area contributed by atoms with Gasteiger partial charge in [-0.05, 0) is 53.9 Å². The van der Waals surface area contributed by atoms with Crippen LogP contribution in [0.4, 0.5) is 4.39 Å². The molecule has 0 bridgehead atoms. The lowest BCUT2D eigenvalue weighted by Gasteiger charge is -2.08. The molecule has 4 aromatic rings. The smallest absolute Gasteiger partial charge is 0.126 e. The molecule has 0 spiro atoms. The number of benzene rings is 3. The third-order valence-electron chi connectivity index (χ3n) is 5.07. The number of halogens is 3. The van der Waals surface area contributed by atoms with Gasteiger partial charge in [-0.25, -0.2) is 4.39 Å². The number of aromatic nitrogens is 1. The Bertz CT molecular complexity index is 1140. The van der Waals surface area contributed by atoms with Crippen LogP contribution in [0.3, 0.4) is 0 Å². The number of fused-ring (bicyclic) bond motifs is 1. The molecular weight excluding hydrogens is 406 g/mol. The first-order valence-corrected chi connectivity index (χ1v) is 10.3. The molecule has 3 aromatic carbocycles. The quantitative estimate of drug-likeness (QED) is 0.335. The molecule has 0 aliphatic heterocycles. The summed E-state index contributed by atoms with van der Waals surface area (Å²) in [6.45, 7) is 2.10. The first-order chi connectivity index (χ1) is 14.1. The molecule has 0 radical (unpaired) electrons. The van der Waals surface area contributed by atoms with Crippen molar-refractivity contribution in [1.29, 1.82) is 0 Å². The Morgan fingerprint density at radius 2 is 1.66 bits per heavy atom. The molecule has 1 heterocycles. The van der Waals surface area contributed by atoms with Crippen LogP contribution in [0.1, 0.15) is 16.7 Å². The molecule has 0 fully saturated rings. The van der Waals surface area contributed by atoms with E-state index < -0.39 is 0 Å². The lowest BCUT2D eigenvalue weighted by Crippen LogP contribution is -2.17. The van der Waals surface area contributed by atoms with Gasteiger partial charge in [0.15, 0.2) is 0 Å². The second kappa shape index (κ2) is 9.00. The van der Waals surface area contributed by atoms with Gasteiger partial charge < -0.3 is 9.88 Å². The Kier molecular flexibility index (Phi) is 6.19. The molecule has 29 heavy (non-hydrogen) atoms. The van der Waals surface area contributed by atoms with E-state index in [9.17, 15) is 4.39 Å². The maximum atomic E-state index is 13.8. The van der Waals surface area contributed by atoms with E-state index in [4.69, 9.17) is 23.2 Å². The van der Waals surface area contributed by atoms with Gasteiger partial charge in [0.25, 0.3) is 0 Å². The fourth-order valence-electron chi connectivity index (χ4n) is 3.58. The monoisotopic (exact) mass is 426 g/mol. The van der Waals surface area contributed by atoms with Crippen LogP contribution in [0.15, 0.2) is 72.9 Å². The Morgan fingerprint density at radius 3 is 2.48 bits per heavy atom. The van der Waals surface area contributed by atoms with Crippen LogP contribution in [-0.4, -0.2) is 11.1 Å². The second-order valence-corrected chi connectivity index (χ2v) is 7.90. The van der Waals surface area contributed by atoms with Crippen molar-refractivity contribution in [3.8, 4) is 0 Å². The zero-order valence-corrected chi connectivity index (χ0v) is 17.3. The van der Waals surface area contributed by atoms with E-state index in [1.54, 1.807) is 12.1 Å². The number of para-hydroxylation sites is 1. The highest BCUT2D eigenvalue weighted by molar-refractivity contribution is 6.35. The highest BCUT2D eigenvalue weighted by atomic mass is 35.5. The summed E-state index contributed by atoms with van der Waals surface area (Å²) in [5.74, 6) is -0.147. The number of nitrogens with one attached hydrogen (secondary N) is 1. The summed E-state index contributed by atoms with van der Waals surface area (Å²) in [4.78, 5) is 0. The SMILES string of the molecule is Fc1ccccc1CCNCc1cn(Cc2ccc(Cl)cc2Cl)c2ccccc12. The molecule has 0 amide bonds. The lowest BCUT2D eigenvalue weighted by atomic mass is 10.1. The van der Waals surface area contributed by atoms with Gasteiger partial charge in [0, 0.05) is 40.2 Å². The molecular formula is C24H21Cl2FN2. The molecule has 1 N–H and O–H groups in total. The first-order valence-electron chi connectivity index (χ1n) is 9.56. The number of hydrogen-bond acceptors (Lipinski definition) is 1. The van der Waals surface area contributed by atoms with Gasteiger partial charge in [-0.15, -0.1) is 0 Å². The van der Waals surface area contributed by atoms with Crippen molar-refractivity contribution in [1.82, 2.24) is 9.88 Å². The van der Waals surface area contributed by atoms with Crippen molar-refractivity contribution >= 4 is 34.1 Å². The molecule has 0 saturated carbocycles. The largest absolute Gasteiger partial charge is 0.343 e. The fourth-order valence-corrected chi connectivity index (χ4v) is 4.04. The zero-order valence-electron chi connectivity index (χ0n) is 15.8. The summed E-state index contributed by atoms with van der Waals surface area (Å²) < 4.78 is 16.0. The standard InChI is InChI=1S/C24H21Cl2FN2/c25-20-10-9-18(22(26)13-20)15-29-16-19(21-6-2-4-8-24(21)29)14-28-12-11-17-5-1-3-7-23(17)27/h1-10,13,16,28H,11-12,14-15H2. The van der Waals surface area contributed by atoms with Crippen LogP contribution < -0.4 is 5.32 Å². The highest BCUT2D eigenvalue weighted by Crippen LogP contribution is 2.26. The van der Waals surface area contributed by atoms with E-state index in [1.807, 2.05) is 36.4 Å². The minimum absolute atomic E-state index is 0.147. The van der Waals surface area contributed by atoms with E-state index in [1.165, 1.54) is 17.0 Å². The maximum Gasteiger partial charge on any atom is 0.126 e. The van der Waals surface area contributed by atoms with Crippen molar-refractivity contribution in [2.45, 2.75) is 19.5 Å². The molecule has 0 aliphatic rings. The van der Waals surface area contributed by atoms with E-state index in [0.717, 1.165) is 23.2 Å². The topological polar surface area (TPSA) is 17.0 Å². The summed E-state index contributed by atoms with van der Waals surface area (Å²) in [6.07, 6.45) is 2.82. The summed E-state index contributed by atoms with van der Waals surface area (Å²) in [7, 11) is 0. The zero-order chi connectivity index (χ0) is 20.2.